The predicted octanol–water partition coefficient (Wildman–Crippen LogP) is 4.52. The minimum atomic E-state index is -0.404. The van der Waals surface area contributed by atoms with Gasteiger partial charge < -0.3 is 9.47 Å². The number of rotatable bonds is 3. The molecule has 2 aromatic carbocycles. The van der Waals surface area contributed by atoms with Crippen molar-refractivity contribution in [3.8, 4) is 11.5 Å². The molecular weight excluding hydrogens is 286 g/mol. The number of allylic oxidation sites excluding steroid dienone is 1. The maximum atomic E-state index is 14.4. The van der Waals surface area contributed by atoms with Gasteiger partial charge in [-0.1, -0.05) is 18.2 Å². The van der Waals surface area contributed by atoms with Crippen LogP contribution in [-0.4, -0.2) is 14.2 Å². The summed E-state index contributed by atoms with van der Waals surface area (Å²) in [5.74, 6) is 0.262. The molecule has 4 heteroatoms. The summed E-state index contributed by atoms with van der Waals surface area (Å²) in [6.07, 6.45) is 0.530. The van der Waals surface area contributed by atoms with Crippen LogP contribution in [-0.2, 0) is 6.42 Å². The summed E-state index contributed by atoms with van der Waals surface area (Å²) >= 11 is 0. The molecule has 114 valence electrons. The number of benzene rings is 2. The van der Waals surface area contributed by atoms with Crippen molar-refractivity contribution in [2.24, 2.45) is 0 Å². The molecule has 22 heavy (non-hydrogen) atoms. The van der Waals surface area contributed by atoms with Crippen molar-refractivity contribution < 1.29 is 18.3 Å². The summed E-state index contributed by atoms with van der Waals surface area (Å²) in [7, 11) is 3.00. The summed E-state index contributed by atoms with van der Waals surface area (Å²) in [6.45, 7) is 0. The molecule has 3 rings (SSSR count). The summed E-state index contributed by atoms with van der Waals surface area (Å²) in [5.41, 5.74) is 2.26. The van der Waals surface area contributed by atoms with Crippen LogP contribution in [0, 0.1) is 5.82 Å². The predicted molar refractivity (Wildman–Crippen MR) is 81.4 cm³/mol. The molecular formula is C18H16F2O2. The SMILES string of the molecule is COc1ccc(C2=C(F)CCc3c2ccc(OC)c3F)cc1. The first-order valence-electron chi connectivity index (χ1n) is 7.04. The first-order valence-corrected chi connectivity index (χ1v) is 7.04. The lowest BCUT2D eigenvalue weighted by Crippen LogP contribution is -2.08. The summed E-state index contributed by atoms with van der Waals surface area (Å²) in [6, 6.07) is 10.4. The van der Waals surface area contributed by atoms with E-state index in [0.717, 1.165) is 0 Å². The Morgan fingerprint density at radius 2 is 1.59 bits per heavy atom. The van der Waals surface area contributed by atoms with Crippen molar-refractivity contribution in [3.05, 3.63) is 64.7 Å². The van der Waals surface area contributed by atoms with Gasteiger partial charge in [0.15, 0.2) is 11.6 Å². The van der Waals surface area contributed by atoms with Gasteiger partial charge in [0.1, 0.15) is 11.6 Å². The minimum absolute atomic E-state index is 0.190. The normalized spacial score (nSPS) is 13.8. The summed E-state index contributed by atoms with van der Waals surface area (Å²) in [5, 5.41) is 0. The van der Waals surface area contributed by atoms with Crippen LogP contribution in [0.4, 0.5) is 8.78 Å². The van der Waals surface area contributed by atoms with E-state index in [1.807, 2.05) is 0 Å². The molecule has 0 fully saturated rings. The fourth-order valence-electron chi connectivity index (χ4n) is 2.81. The number of methoxy groups -OCH3 is 2. The molecule has 0 spiro atoms. The van der Waals surface area contributed by atoms with Crippen LogP contribution in [0.15, 0.2) is 42.2 Å². The molecule has 0 saturated heterocycles. The van der Waals surface area contributed by atoms with E-state index in [0.29, 0.717) is 34.4 Å². The second-order valence-electron chi connectivity index (χ2n) is 5.12. The Hall–Kier alpha value is -2.36. The molecule has 0 saturated carbocycles. The van der Waals surface area contributed by atoms with Gasteiger partial charge in [-0.3, -0.25) is 0 Å². The molecule has 0 atom stereocenters. The largest absolute Gasteiger partial charge is 0.497 e. The molecule has 0 aliphatic heterocycles. The van der Waals surface area contributed by atoms with Crippen LogP contribution in [0.5, 0.6) is 11.5 Å². The third-order valence-electron chi connectivity index (χ3n) is 3.94. The highest BCUT2D eigenvalue weighted by atomic mass is 19.1. The number of fused-ring (bicyclic) bond motifs is 1. The van der Waals surface area contributed by atoms with Gasteiger partial charge in [-0.05, 0) is 35.7 Å². The third kappa shape index (κ3) is 2.34. The molecule has 2 nitrogen and oxygen atoms in total. The Morgan fingerprint density at radius 1 is 0.864 bits per heavy atom. The number of hydrogen-bond donors (Lipinski definition) is 0. The van der Waals surface area contributed by atoms with Crippen LogP contribution in [0.3, 0.4) is 0 Å². The Balaban J connectivity index is 2.14. The molecule has 0 amide bonds. The molecule has 1 aliphatic carbocycles. The zero-order valence-corrected chi connectivity index (χ0v) is 12.5. The fraction of sp³-hybridized carbons (Fsp3) is 0.222. The smallest absolute Gasteiger partial charge is 0.168 e. The molecule has 0 radical (unpaired) electrons. The van der Waals surface area contributed by atoms with Crippen molar-refractivity contribution >= 4 is 5.57 Å². The molecule has 0 unspecified atom stereocenters. The fourth-order valence-corrected chi connectivity index (χ4v) is 2.81. The zero-order valence-electron chi connectivity index (χ0n) is 12.5. The van der Waals surface area contributed by atoms with Crippen molar-refractivity contribution in [1.29, 1.82) is 0 Å². The molecule has 2 aromatic rings. The standard InChI is InChI=1S/C18H16F2O2/c1-21-12-5-3-11(4-6-12)17-13-8-10-16(22-2)18(20)14(13)7-9-15(17)19/h3-6,8,10H,7,9H2,1-2H3. The molecule has 0 bridgehead atoms. The van der Waals surface area contributed by atoms with Gasteiger partial charge in [-0.25, -0.2) is 8.78 Å². The highest BCUT2D eigenvalue weighted by molar-refractivity contribution is 5.84. The molecule has 1 aliphatic rings. The highest BCUT2D eigenvalue weighted by Crippen LogP contribution is 2.40. The zero-order chi connectivity index (χ0) is 15.7. The van der Waals surface area contributed by atoms with E-state index in [4.69, 9.17) is 9.47 Å². The Bertz CT molecular complexity index is 733. The quantitative estimate of drug-likeness (QED) is 0.830. The second-order valence-corrected chi connectivity index (χ2v) is 5.12. The monoisotopic (exact) mass is 302 g/mol. The average Bonchev–Trinajstić information content (AvgIpc) is 2.55. The molecule has 0 N–H and O–H groups in total. The van der Waals surface area contributed by atoms with Crippen LogP contribution < -0.4 is 9.47 Å². The van der Waals surface area contributed by atoms with Crippen molar-refractivity contribution in [3.63, 3.8) is 0 Å². The average molecular weight is 302 g/mol. The van der Waals surface area contributed by atoms with E-state index in [-0.39, 0.29) is 18.0 Å². The number of halogens is 2. The van der Waals surface area contributed by atoms with Crippen molar-refractivity contribution in [2.45, 2.75) is 12.8 Å². The van der Waals surface area contributed by atoms with Gasteiger partial charge in [0.05, 0.1) is 14.2 Å². The number of ether oxygens (including phenoxy) is 2. The van der Waals surface area contributed by atoms with E-state index >= 15 is 0 Å². The van der Waals surface area contributed by atoms with Crippen LogP contribution >= 0.6 is 0 Å². The number of hydrogen-bond acceptors (Lipinski definition) is 2. The van der Waals surface area contributed by atoms with Crippen LogP contribution in [0.1, 0.15) is 23.1 Å². The van der Waals surface area contributed by atoms with Gasteiger partial charge in [-0.2, -0.15) is 0 Å². The van der Waals surface area contributed by atoms with E-state index in [1.54, 1.807) is 37.4 Å². The van der Waals surface area contributed by atoms with Gasteiger partial charge in [0.2, 0.25) is 0 Å². The Kier molecular flexibility index (Phi) is 3.84. The lowest BCUT2D eigenvalue weighted by atomic mass is 9.85. The van der Waals surface area contributed by atoms with Crippen molar-refractivity contribution in [2.75, 3.05) is 14.2 Å². The van der Waals surface area contributed by atoms with Gasteiger partial charge >= 0.3 is 0 Å². The maximum absolute atomic E-state index is 14.4. The van der Waals surface area contributed by atoms with Gasteiger partial charge in [0.25, 0.3) is 0 Å². The highest BCUT2D eigenvalue weighted by Gasteiger charge is 2.24. The maximum Gasteiger partial charge on any atom is 0.168 e. The molecule has 0 aromatic heterocycles. The third-order valence-corrected chi connectivity index (χ3v) is 3.94. The molecule has 0 heterocycles. The Labute approximate surface area is 128 Å². The summed E-state index contributed by atoms with van der Waals surface area (Å²) in [4.78, 5) is 0. The van der Waals surface area contributed by atoms with E-state index in [2.05, 4.69) is 0 Å². The Morgan fingerprint density at radius 3 is 2.23 bits per heavy atom. The van der Waals surface area contributed by atoms with Gasteiger partial charge in [0, 0.05) is 17.6 Å². The minimum Gasteiger partial charge on any atom is -0.497 e. The second kappa shape index (κ2) is 5.79. The van der Waals surface area contributed by atoms with Gasteiger partial charge in [-0.15, -0.1) is 0 Å². The van der Waals surface area contributed by atoms with Crippen LogP contribution in [0.25, 0.3) is 5.57 Å². The van der Waals surface area contributed by atoms with Crippen LogP contribution in [0.2, 0.25) is 0 Å². The first kappa shape index (κ1) is 14.6. The van der Waals surface area contributed by atoms with E-state index < -0.39 is 5.82 Å². The topological polar surface area (TPSA) is 18.5 Å². The lowest BCUT2D eigenvalue weighted by molar-refractivity contribution is 0.383. The first-order chi connectivity index (χ1) is 10.7. The summed E-state index contributed by atoms with van der Waals surface area (Å²) < 4.78 is 38.9. The lowest BCUT2D eigenvalue weighted by Gasteiger charge is -2.21. The van der Waals surface area contributed by atoms with Crippen molar-refractivity contribution in [1.82, 2.24) is 0 Å². The van der Waals surface area contributed by atoms with E-state index in [1.165, 1.54) is 13.2 Å². The van der Waals surface area contributed by atoms with E-state index in [9.17, 15) is 8.78 Å².